The summed E-state index contributed by atoms with van der Waals surface area (Å²) in [5.74, 6) is -0.261. The van der Waals surface area contributed by atoms with Crippen molar-refractivity contribution in [2.75, 3.05) is 20.3 Å². The fourth-order valence-electron chi connectivity index (χ4n) is 1.83. The zero-order chi connectivity index (χ0) is 11.4. The van der Waals surface area contributed by atoms with Crippen molar-refractivity contribution in [3.63, 3.8) is 0 Å². The predicted octanol–water partition coefficient (Wildman–Crippen LogP) is 1.02. The molecule has 0 fully saturated rings. The first-order chi connectivity index (χ1) is 7.81. The maximum Gasteiger partial charge on any atom is 0.319 e. The van der Waals surface area contributed by atoms with Crippen LogP contribution in [-0.2, 0) is 20.9 Å². The molecule has 1 aromatic rings. The van der Waals surface area contributed by atoms with Crippen molar-refractivity contribution in [3.8, 4) is 0 Å². The standard InChI is InChI=1S/C12H15NO3/c1-15-12(14)6-13-11-8-16-7-9-4-2-3-5-10(9)11/h2-5,11,13H,6-8H2,1H3. The molecule has 0 bridgehead atoms. The number of esters is 1. The van der Waals surface area contributed by atoms with Gasteiger partial charge in [-0.15, -0.1) is 0 Å². The molecule has 0 aromatic heterocycles. The number of ether oxygens (including phenoxy) is 2. The molecule has 0 aliphatic carbocycles. The number of fused-ring (bicyclic) bond motifs is 1. The van der Waals surface area contributed by atoms with Gasteiger partial charge in [0, 0.05) is 0 Å². The van der Waals surface area contributed by atoms with Crippen LogP contribution in [0.4, 0.5) is 0 Å². The Morgan fingerprint density at radius 3 is 3.19 bits per heavy atom. The van der Waals surface area contributed by atoms with Gasteiger partial charge >= 0.3 is 5.97 Å². The van der Waals surface area contributed by atoms with Crippen LogP contribution in [0.25, 0.3) is 0 Å². The van der Waals surface area contributed by atoms with E-state index in [-0.39, 0.29) is 18.6 Å². The quantitative estimate of drug-likeness (QED) is 0.774. The molecule has 0 spiro atoms. The summed E-state index contributed by atoms with van der Waals surface area (Å²) in [5, 5.41) is 3.13. The number of hydrogen-bond donors (Lipinski definition) is 1. The molecule has 86 valence electrons. The minimum Gasteiger partial charge on any atom is -0.468 e. The SMILES string of the molecule is COC(=O)CNC1COCc2ccccc21. The van der Waals surface area contributed by atoms with Crippen LogP contribution < -0.4 is 5.32 Å². The van der Waals surface area contributed by atoms with E-state index in [0.717, 1.165) is 0 Å². The Kier molecular flexibility index (Phi) is 3.54. The molecule has 16 heavy (non-hydrogen) atoms. The third-order valence-electron chi connectivity index (χ3n) is 2.69. The van der Waals surface area contributed by atoms with Crippen LogP contribution in [0.1, 0.15) is 17.2 Å². The van der Waals surface area contributed by atoms with Crippen molar-refractivity contribution in [3.05, 3.63) is 35.4 Å². The second kappa shape index (κ2) is 5.09. The van der Waals surface area contributed by atoms with Gasteiger partial charge in [0.05, 0.1) is 32.9 Å². The van der Waals surface area contributed by atoms with Crippen molar-refractivity contribution < 1.29 is 14.3 Å². The maximum absolute atomic E-state index is 11.0. The molecule has 4 heteroatoms. The lowest BCUT2D eigenvalue weighted by Crippen LogP contribution is -2.33. The summed E-state index contributed by atoms with van der Waals surface area (Å²) in [6.45, 7) is 1.44. The monoisotopic (exact) mass is 221 g/mol. The van der Waals surface area contributed by atoms with Gasteiger partial charge in [-0.2, -0.15) is 0 Å². The topological polar surface area (TPSA) is 47.6 Å². The Hall–Kier alpha value is -1.39. The Bertz CT molecular complexity index is 378. The minimum atomic E-state index is -0.261. The molecule has 0 amide bonds. The fourth-order valence-corrected chi connectivity index (χ4v) is 1.83. The first kappa shape index (κ1) is 11.1. The van der Waals surface area contributed by atoms with Crippen LogP contribution in [0.2, 0.25) is 0 Å². The highest BCUT2D eigenvalue weighted by atomic mass is 16.5. The molecule has 1 aliphatic rings. The van der Waals surface area contributed by atoms with Gasteiger partial charge in [-0.25, -0.2) is 0 Å². The Morgan fingerprint density at radius 1 is 1.56 bits per heavy atom. The second-order valence-electron chi connectivity index (χ2n) is 3.72. The summed E-state index contributed by atoms with van der Waals surface area (Å²) in [6.07, 6.45) is 0. The molecule has 2 rings (SSSR count). The normalized spacial score (nSPS) is 18.9. The van der Waals surface area contributed by atoms with Gasteiger partial charge in [0.25, 0.3) is 0 Å². The fraction of sp³-hybridized carbons (Fsp3) is 0.417. The molecule has 4 nitrogen and oxygen atoms in total. The Labute approximate surface area is 94.6 Å². The Balaban J connectivity index is 2.04. The van der Waals surface area contributed by atoms with Crippen molar-refractivity contribution >= 4 is 5.97 Å². The van der Waals surface area contributed by atoms with E-state index in [1.165, 1.54) is 18.2 Å². The molecule has 1 aromatic carbocycles. The summed E-state index contributed by atoms with van der Waals surface area (Å²) in [7, 11) is 1.38. The van der Waals surface area contributed by atoms with Crippen molar-refractivity contribution in [2.45, 2.75) is 12.6 Å². The molecule has 1 aliphatic heterocycles. The zero-order valence-corrected chi connectivity index (χ0v) is 9.23. The van der Waals surface area contributed by atoms with Crippen LogP contribution in [-0.4, -0.2) is 26.2 Å². The summed E-state index contributed by atoms with van der Waals surface area (Å²) in [5.41, 5.74) is 2.38. The van der Waals surface area contributed by atoms with Gasteiger partial charge in [-0.05, 0) is 11.1 Å². The van der Waals surface area contributed by atoms with Crippen LogP contribution in [0.5, 0.6) is 0 Å². The summed E-state index contributed by atoms with van der Waals surface area (Å²) < 4.78 is 10.0. The van der Waals surface area contributed by atoms with E-state index in [0.29, 0.717) is 13.2 Å². The molecule has 1 heterocycles. The van der Waals surface area contributed by atoms with Gasteiger partial charge in [0.1, 0.15) is 0 Å². The number of methoxy groups -OCH3 is 1. The average Bonchev–Trinajstić information content (AvgIpc) is 2.35. The predicted molar refractivity (Wildman–Crippen MR) is 58.9 cm³/mol. The molecular formula is C12H15NO3. The van der Waals surface area contributed by atoms with Crippen LogP contribution >= 0.6 is 0 Å². The van der Waals surface area contributed by atoms with Gasteiger partial charge in [-0.3, -0.25) is 10.1 Å². The zero-order valence-electron chi connectivity index (χ0n) is 9.23. The van der Waals surface area contributed by atoms with Gasteiger partial charge < -0.3 is 9.47 Å². The first-order valence-corrected chi connectivity index (χ1v) is 5.27. The number of rotatable bonds is 3. The van der Waals surface area contributed by atoms with E-state index in [4.69, 9.17) is 4.74 Å². The lowest BCUT2D eigenvalue weighted by Gasteiger charge is -2.26. The second-order valence-corrected chi connectivity index (χ2v) is 3.72. The summed E-state index contributed by atoms with van der Waals surface area (Å²) in [6, 6.07) is 8.17. The van der Waals surface area contributed by atoms with Gasteiger partial charge in [-0.1, -0.05) is 24.3 Å². The molecule has 1 atom stereocenters. The highest BCUT2D eigenvalue weighted by Crippen LogP contribution is 2.23. The first-order valence-electron chi connectivity index (χ1n) is 5.27. The summed E-state index contributed by atoms with van der Waals surface area (Å²) in [4.78, 5) is 11.0. The number of nitrogens with one attached hydrogen (secondary N) is 1. The average molecular weight is 221 g/mol. The van der Waals surface area contributed by atoms with Gasteiger partial charge in [0.2, 0.25) is 0 Å². The number of hydrogen-bond acceptors (Lipinski definition) is 4. The lowest BCUT2D eigenvalue weighted by molar-refractivity contribution is -0.139. The van der Waals surface area contributed by atoms with E-state index < -0.39 is 0 Å². The molecule has 1 N–H and O–H groups in total. The number of carbonyl (C=O) groups is 1. The van der Waals surface area contributed by atoms with Crippen molar-refractivity contribution in [1.29, 1.82) is 0 Å². The van der Waals surface area contributed by atoms with E-state index in [1.807, 2.05) is 18.2 Å². The molecular weight excluding hydrogens is 206 g/mol. The largest absolute Gasteiger partial charge is 0.468 e. The highest BCUT2D eigenvalue weighted by Gasteiger charge is 2.20. The smallest absolute Gasteiger partial charge is 0.319 e. The van der Waals surface area contributed by atoms with E-state index in [9.17, 15) is 4.79 Å². The third-order valence-corrected chi connectivity index (χ3v) is 2.69. The van der Waals surface area contributed by atoms with E-state index in [1.54, 1.807) is 0 Å². The molecule has 0 saturated carbocycles. The molecule has 0 saturated heterocycles. The number of benzene rings is 1. The lowest BCUT2D eigenvalue weighted by atomic mass is 9.99. The van der Waals surface area contributed by atoms with Crippen LogP contribution in [0.3, 0.4) is 0 Å². The van der Waals surface area contributed by atoms with E-state index in [2.05, 4.69) is 16.1 Å². The number of carbonyl (C=O) groups excluding carboxylic acids is 1. The summed E-state index contributed by atoms with van der Waals surface area (Å²) >= 11 is 0. The van der Waals surface area contributed by atoms with Crippen LogP contribution in [0, 0.1) is 0 Å². The van der Waals surface area contributed by atoms with Crippen LogP contribution in [0.15, 0.2) is 24.3 Å². The highest BCUT2D eigenvalue weighted by molar-refractivity contribution is 5.71. The third kappa shape index (κ3) is 2.40. The Morgan fingerprint density at radius 2 is 2.38 bits per heavy atom. The van der Waals surface area contributed by atoms with Gasteiger partial charge in [0.15, 0.2) is 0 Å². The van der Waals surface area contributed by atoms with Crippen molar-refractivity contribution in [2.24, 2.45) is 0 Å². The van der Waals surface area contributed by atoms with E-state index >= 15 is 0 Å². The van der Waals surface area contributed by atoms with Crippen molar-refractivity contribution in [1.82, 2.24) is 5.32 Å². The molecule has 1 unspecified atom stereocenters. The minimum absolute atomic E-state index is 0.0732. The maximum atomic E-state index is 11.0. The molecule has 0 radical (unpaired) electrons.